The summed E-state index contributed by atoms with van der Waals surface area (Å²) in [6, 6.07) is 9.20. The van der Waals surface area contributed by atoms with Crippen LogP contribution in [0.25, 0.3) is 0 Å². The van der Waals surface area contributed by atoms with Crippen LogP contribution in [0.1, 0.15) is 10.4 Å². The largest absolute Gasteiger partial charge is 0.399 e. The number of hydrogen-bond acceptors (Lipinski definition) is 4. The quantitative estimate of drug-likeness (QED) is 0.849. The lowest BCUT2D eigenvalue weighted by molar-refractivity contribution is 0.102. The van der Waals surface area contributed by atoms with Gasteiger partial charge in [-0.2, -0.15) is 0 Å². The van der Waals surface area contributed by atoms with Crippen LogP contribution in [-0.2, 0) is 9.84 Å². The van der Waals surface area contributed by atoms with Crippen molar-refractivity contribution in [2.24, 2.45) is 0 Å². The average Bonchev–Trinajstić information content (AvgIpc) is 2.37. The minimum atomic E-state index is -3.29. The normalized spacial score (nSPS) is 11.1. The highest BCUT2D eigenvalue weighted by molar-refractivity contribution is 7.90. The molecule has 7 heteroatoms. The zero-order chi connectivity index (χ0) is 15.6. The van der Waals surface area contributed by atoms with E-state index in [-0.39, 0.29) is 16.1 Å². The minimum absolute atomic E-state index is 0.0830. The Morgan fingerprint density at radius 1 is 1.14 bits per heavy atom. The van der Waals surface area contributed by atoms with Gasteiger partial charge in [0.1, 0.15) is 5.82 Å². The summed E-state index contributed by atoms with van der Waals surface area (Å²) in [5.74, 6) is -1.14. The van der Waals surface area contributed by atoms with Crippen LogP contribution in [0.4, 0.5) is 15.8 Å². The number of benzene rings is 2. The van der Waals surface area contributed by atoms with Gasteiger partial charge in [-0.15, -0.1) is 0 Å². The molecule has 0 aliphatic rings. The summed E-state index contributed by atoms with van der Waals surface area (Å²) < 4.78 is 35.8. The number of nitrogen functional groups attached to an aromatic ring is 1. The second-order valence-electron chi connectivity index (χ2n) is 4.52. The molecule has 3 N–H and O–H groups in total. The minimum Gasteiger partial charge on any atom is -0.399 e. The van der Waals surface area contributed by atoms with Crippen LogP contribution in [0.5, 0.6) is 0 Å². The number of halogens is 1. The van der Waals surface area contributed by atoms with E-state index in [1.165, 1.54) is 30.3 Å². The predicted molar refractivity (Wildman–Crippen MR) is 78.3 cm³/mol. The van der Waals surface area contributed by atoms with Crippen molar-refractivity contribution in [2.45, 2.75) is 4.90 Å². The molecule has 1 amide bonds. The molecule has 2 rings (SSSR count). The van der Waals surface area contributed by atoms with E-state index in [4.69, 9.17) is 5.73 Å². The molecule has 0 aliphatic heterocycles. The number of nitrogens with two attached hydrogens (primary N) is 1. The smallest absolute Gasteiger partial charge is 0.255 e. The highest BCUT2D eigenvalue weighted by atomic mass is 32.2. The van der Waals surface area contributed by atoms with E-state index in [2.05, 4.69) is 5.32 Å². The van der Waals surface area contributed by atoms with Crippen molar-refractivity contribution in [1.82, 2.24) is 0 Å². The maximum Gasteiger partial charge on any atom is 0.255 e. The van der Waals surface area contributed by atoms with Crippen LogP contribution in [-0.4, -0.2) is 20.6 Å². The lowest BCUT2D eigenvalue weighted by atomic mass is 10.2. The van der Waals surface area contributed by atoms with Crippen LogP contribution in [0.3, 0.4) is 0 Å². The van der Waals surface area contributed by atoms with Crippen LogP contribution in [0.2, 0.25) is 0 Å². The standard InChI is InChI=1S/C14H13FN2O3S/c1-21(19,20)13-4-2-12(3-5-13)17-14(18)9-6-10(15)8-11(16)7-9/h2-8H,16H2,1H3,(H,17,18). The number of carbonyl (C=O) groups excluding carboxylic acids is 1. The number of rotatable bonds is 3. The molecule has 110 valence electrons. The molecular formula is C14H13FN2O3S. The van der Waals surface area contributed by atoms with E-state index < -0.39 is 21.6 Å². The summed E-state index contributed by atoms with van der Waals surface area (Å²) in [7, 11) is -3.29. The van der Waals surface area contributed by atoms with Gasteiger partial charge in [0, 0.05) is 23.2 Å². The van der Waals surface area contributed by atoms with Gasteiger partial charge < -0.3 is 11.1 Å². The van der Waals surface area contributed by atoms with E-state index in [0.717, 1.165) is 18.4 Å². The van der Waals surface area contributed by atoms with Gasteiger partial charge in [-0.05, 0) is 42.5 Å². The number of carbonyl (C=O) groups is 1. The molecule has 0 bridgehead atoms. The Morgan fingerprint density at radius 3 is 2.29 bits per heavy atom. The van der Waals surface area contributed by atoms with Crippen molar-refractivity contribution in [1.29, 1.82) is 0 Å². The maximum absolute atomic E-state index is 13.2. The maximum atomic E-state index is 13.2. The number of anilines is 2. The fourth-order valence-corrected chi connectivity index (χ4v) is 2.36. The Hall–Kier alpha value is -2.41. The molecule has 0 unspecified atom stereocenters. The molecule has 0 spiro atoms. The van der Waals surface area contributed by atoms with Crippen molar-refractivity contribution in [2.75, 3.05) is 17.3 Å². The number of hydrogen-bond donors (Lipinski definition) is 2. The van der Waals surface area contributed by atoms with Gasteiger partial charge in [0.2, 0.25) is 0 Å². The van der Waals surface area contributed by atoms with E-state index in [1.807, 2.05) is 0 Å². The summed E-state index contributed by atoms with van der Waals surface area (Å²) in [4.78, 5) is 12.1. The molecule has 0 aliphatic carbocycles. The van der Waals surface area contributed by atoms with Crippen LogP contribution < -0.4 is 11.1 Å². The lowest BCUT2D eigenvalue weighted by Gasteiger charge is -2.07. The first kappa shape index (κ1) is 15.0. The molecule has 0 radical (unpaired) electrons. The molecule has 0 atom stereocenters. The molecule has 0 saturated carbocycles. The van der Waals surface area contributed by atoms with Crippen molar-refractivity contribution in [3.8, 4) is 0 Å². The summed E-state index contributed by atoms with van der Waals surface area (Å²) in [6.45, 7) is 0. The average molecular weight is 308 g/mol. The Morgan fingerprint density at radius 2 is 1.76 bits per heavy atom. The molecule has 0 saturated heterocycles. The zero-order valence-electron chi connectivity index (χ0n) is 11.1. The van der Waals surface area contributed by atoms with Crippen LogP contribution in [0.15, 0.2) is 47.4 Å². The number of amides is 1. The van der Waals surface area contributed by atoms with Gasteiger partial charge in [-0.3, -0.25) is 4.79 Å². The van der Waals surface area contributed by atoms with Crippen molar-refractivity contribution >= 4 is 27.1 Å². The van der Waals surface area contributed by atoms with Gasteiger partial charge in [0.05, 0.1) is 4.90 Å². The SMILES string of the molecule is CS(=O)(=O)c1ccc(NC(=O)c2cc(N)cc(F)c2)cc1. The van der Waals surface area contributed by atoms with E-state index >= 15 is 0 Å². The fourth-order valence-electron chi connectivity index (χ4n) is 1.73. The zero-order valence-corrected chi connectivity index (χ0v) is 11.9. The van der Waals surface area contributed by atoms with Crippen LogP contribution >= 0.6 is 0 Å². The molecule has 0 aromatic heterocycles. The van der Waals surface area contributed by atoms with Crippen molar-refractivity contribution in [3.05, 3.63) is 53.8 Å². The van der Waals surface area contributed by atoms with E-state index in [1.54, 1.807) is 0 Å². The highest BCUT2D eigenvalue weighted by Gasteiger charge is 2.10. The Kier molecular flexibility index (Phi) is 3.95. The summed E-state index contributed by atoms with van der Waals surface area (Å²) in [5, 5.41) is 2.54. The van der Waals surface area contributed by atoms with Gasteiger partial charge in [0.25, 0.3) is 5.91 Å². The number of nitrogens with one attached hydrogen (secondary N) is 1. The first-order chi connectivity index (χ1) is 9.75. The summed E-state index contributed by atoms with van der Waals surface area (Å²) >= 11 is 0. The molecule has 2 aromatic carbocycles. The first-order valence-corrected chi connectivity index (χ1v) is 7.82. The van der Waals surface area contributed by atoms with Gasteiger partial charge in [0.15, 0.2) is 9.84 Å². The van der Waals surface area contributed by atoms with Crippen molar-refractivity contribution < 1.29 is 17.6 Å². The summed E-state index contributed by atoms with van der Waals surface area (Å²) in [6.07, 6.45) is 1.09. The van der Waals surface area contributed by atoms with Gasteiger partial charge in [-0.1, -0.05) is 0 Å². The fraction of sp³-hybridized carbons (Fsp3) is 0.0714. The van der Waals surface area contributed by atoms with E-state index in [0.29, 0.717) is 5.69 Å². The third-order valence-corrected chi connectivity index (χ3v) is 3.85. The topological polar surface area (TPSA) is 89.3 Å². The van der Waals surface area contributed by atoms with Gasteiger partial charge in [-0.25, -0.2) is 12.8 Å². The second-order valence-corrected chi connectivity index (χ2v) is 6.54. The van der Waals surface area contributed by atoms with Crippen molar-refractivity contribution in [3.63, 3.8) is 0 Å². The Labute approximate surface area is 121 Å². The molecule has 2 aromatic rings. The third kappa shape index (κ3) is 3.79. The Balaban J connectivity index is 2.20. The molecule has 0 fully saturated rings. The lowest BCUT2D eigenvalue weighted by Crippen LogP contribution is -2.12. The predicted octanol–water partition coefficient (Wildman–Crippen LogP) is 2.06. The van der Waals surface area contributed by atoms with Gasteiger partial charge >= 0.3 is 0 Å². The third-order valence-electron chi connectivity index (χ3n) is 2.72. The molecule has 0 heterocycles. The Bertz CT molecular complexity index is 766. The van der Waals surface area contributed by atoms with E-state index in [9.17, 15) is 17.6 Å². The second kappa shape index (κ2) is 5.53. The molecule has 21 heavy (non-hydrogen) atoms. The van der Waals surface area contributed by atoms with Crippen LogP contribution in [0, 0.1) is 5.82 Å². The molecule has 5 nitrogen and oxygen atoms in total. The highest BCUT2D eigenvalue weighted by Crippen LogP contribution is 2.16. The number of sulfone groups is 1. The molecular weight excluding hydrogens is 295 g/mol. The first-order valence-electron chi connectivity index (χ1n) is 5.93. The monoisotopic (exact) mass is 308 g/mol. The summed E-state index contributed by atoms with van der Waals surface area (Å²) in [5.41, 5.74) is 6.10.